The largest absolute Gasteiger partial charge is 0.382 e. The summed E-state index contributed by atoms with van der Waals surface area (Å²) in [5.41, 5.74) is -0.617. The molecule has 0 radical (unpaired) electrons. The molecule has 8 atom stereocenters. The van der Waals surface area contributed by atoms with Gasteiger partial charge in [-0.25, -0.2) is 0 Å². The van der Waals surface area contributed by atoms with Crippen LogP contribution in [0.1, 0.15) is 46.5 Å². The molecule has 1 aromatic carbocycles. The molecule has 3 fully saturated rings. The number of ether oxygens (including phenoxy) is 2. The highest BCUT2D eigenvalue weighted by Crippen LogP contribution is 2.55. The highest BCUT2D eigenvalue weighted by molar-refractivity contribution is 6.30. The molecule has 2 saturated heterocycles. The van der Waals surface area contributed by atoms with Gasteiger partial charge in [0.15, 0.2) is 0 Å². The molecule has 3 heterocycles. The summed E-state index contributed by atoms with van der Waals surface area (Å²) in [6, 6.07) is 6.11. The molecule has 0 aromatic heterocycles. The molecule has 5 rings (SSSR count). The minimum absolute atomic E-state index is 0.0478. The van der Waals surface area contributed by atoms with Crippen molar-refractivity contribution < 1.29 is 23.9 Å². The molecule has 9 heteroatoms. The van der Waals surface area contributed by atoms with Gasteiger partial charge in [-0.05, 0) is 49.8 Å². The van der Waals surface area contributed by atoms with Crippen LogP contribution in [-0.4, -0.2) is 66.2 Å². The second-order valence-electron chi connectivity index (χ2n) is 11.2. The maximum Gasteiger partial charge on any atom is 0.246 e. The molecule has 3 amide bonds. The van der Waals surface area contributed by atoms with E-state index in [-0.39, 0.29) is 23.8 Å². The number of nitrogens with one attached hydrogen (secondary N) is 2. The number of benzene rings is 1. The third-order valence-corrected chi connectivity index (χ3v) is 9.18. The Morgan fingerprint density at radius 3 is 2.82 bits per heavy atom. The Hall–Kier alpha value is -2.42. The number of hydrogen-bond donors (Lipinski definition) is 2. The van der Waals surface area contributed by atoms with Crippen LogP contribution in [0.5, 0.6) is 0 Å². The lowest BCUT2D eigenvalue weighted by molar-refractivity contribution is -0.141. The SMILES string of the molecule is CCOCCCN1C(=O)[C@@H]2[C@H](C(=O)Nc3cccc(Cl)c3)[C@@H]3C=C[C@@]2(O3)[C@@H]1C(=O)N[C@@H]1CCC[C@@H](C)[C@H]1C. The lowest BCUT2D eigenvalue weighted by Crippen LogP contribution is -2.58. The van der Waals surface area contributed by atoms with Gasteiger partial charge in [-0.1, -0.05) is 56.5 Å². The Balaban J connectivity index is 1.41. The average Bonchev–Trinajstić information content (AvgIpc) is 3.52. The van der Waals surface area contributed by atoms with Crippen molar-refractivity contribution in [3.8, 4) is 0 Å². The standard InChI is InChI=1S/C29H38ClN3O5/c1-4-37-15-7-14-33-25(27(35)32-21-11-5-8-17(2)18(21)3)29-13-12-22(38-29)23(24(29)28(33)36)26(34)31-20-10-6-9-19(30)16-20/h6,9-10,12-13,16-18,21-25H,4-5,7-8,11,14-15H2,1-3H3,(H,31,34)(H,32,35)/t17-,18-,21-,22+,23-,24+,25+,29+/m1/s1. The fourth-order valence-corrected chi connectivity index (χ4v) is 7.02. The summed E-state index contributed by atoms with van der Waals surface area (Å²) in [7, 11) is 0. The number of nitrogens with zero attached hydrogens (tertiary/aromatic N) is 1. The van der Waals surface area contributed by atoms with Gasteiger partial charge in [-0.15, -0.1) is 0 Å². The fourth-order valence-electron chi connectivity index (χ4n) is 6.83. The van der Waals surface area contributed by atoms with Crippen molar-refractivity contribution in [3.05, 3.63) is 41.4 Å². The number of anilines is 1. The first-order chi connectivity index (χ1) is 18.3. The molecule has 2 N–H and O–H groups in total. The molecule has 1 aliphatic carbocycles. The fraction of sp³-hybridized carbons (Fsp3) is 0.621. The summed E-state index contributed by atoms with van der Waals surface area (Å²) in [6.07, 6.45) is 6.85. The first kappa shape index (κ1) is 27.2. The van der Waals surface area contributed by atoms with E-state index in [1.54, 1.807) is 29.2 Å². The van der Waals surface area contributed by atoms with E-state index in [2.05, 4.69) is 24.5 Å². The van der Waals surface area contributed by atoms with Crippen LogP contribution >= 0.6 is 11.6 Å². The van der Waals surface area contributed by atoms with Crippen LogP contribution in [0.4, 0.5) is 5.69 Å². The highest BCUT2D eigenvalue weighted by atomic mass is 35.5. The highest BCUT2D eigenvalue weighted by Gasteiger charge is 2.72. The van der Waals surface area contributed by atoms with Crippen LogP contribution in [-0.2, 0) is 23.9 Å². The first-order valence-corrected chi connectivity index (χ1v) is 14.3. The second-order valence-corrected chi connectivity index (χ2v) is 11.6. The number of fused-ring (bicyclic) bond motifs is 1. The molecule has 0 unspecified atom stereocenters. The minimum Gasteiger partial charge on any atom is -0.382 e. The average molecular weight is 544 g/mol. The van der Waals surface area contributed by atoms with Crippen LogP contribution in [0.2, 0.25) is 5.02 Å². The maximum atomic E-state index is 14.0. The predicted octanol–water partition coefficient (Wildman–Crippen LogP) is 3.80. The molecular weight excluding hydrogens is 506 g/mol. The molecule has 1 spiro atoms. The Morgan fingerprint density at radius 2 is 2.05 bits per heavy atom. The molecule has 1 saturated carbocycles. The maximum absolute atomic E-state index is 14.0. The Labute approximate surface area is 229 Å². The van der Waals surface area contributed by atoms with Crippen molar-refractivity contribution >= 4 is 35.0 Å². The van der Waals surface area contributed by atoms with Gasteiger partial charge in [0, 0.05) is 36.5 Å². The number of carbonyl (C=O) groups excluding carboxylic acids is 3. The number of carbonyl (C=O) groups is 3. The topological polar surface area (TPSA) is 97.0 Å². The Morgan fingerprint density at radius 1 is 1.24 bits per heavy atom. The summed E-state index contributed by atoms with van der Waals surface area (Å²) in [6.45, 7) is 7.76. The number of rotatable bonds is 9. The number of likely N-dealkylation sites (tertiary alicyclic amines) is 1. The summed E-state index contributed by atoms with van der Waals surface area (Å²) in [5, 5.41) is 6.69. The van der Waals surface area contributed by atoms with E-state index in [0.29, 0.717) is 48.7 Å². The predicted molar refractivity (Wildman–Crippen MR) is 145 cm³/mol. The number of halogens is 1. The smallest absolute Gasteiger partial charge is 0.246 e. The molecule has 1 aromatic rings. The summed E-state index contributed by atoms with van der Waals surface area (Å²) < 4.78 is 11.9. The zero-order valence-electron chi connectivity index (χ0n) is 22.3. The van der Waals surface area contributed by atoms with Gasteiger partial charge in [-0.3, -0.25) is 14.4 Å². The van der Waals surface area contributed by atoms with Crippen LogP contribution in [0.25, 0.3) is 0 Å². The molecule has 3 aliphatic heterocycles. The van der Waals surface area contributed by atoms with Gasteiger partial charge in [0.25, 0.3) is 0 Å². The van der Waals surface area contributed by atoms with Crippen molar-refractivity contribution in [2.75, 3.05) is 25.1 Å². The minimum atomic E-state index is -1.17. The molecule has 8 nitrogen and oxygen atoms in total. The monoisotopic (exact) mass is 543 g/mol. The van der Waals surface area contributed by atoms with Gasteiger partial charge in [-0.2, -0.15) is 0 Å². The van der Waals surface area contributed by atoms with Crippen molar-refractivity contribution in [1.82, 2.24) is 10.2 Å². The van der Waals surface area contributed by atoms with Gasteiger partial charge >= 0.3 is 0 Å². The summed E-state index contributed by atoms with van der Waals surface area (Å²) >= 11 is 6.10. The molecule has 2 bridgehead atoms. The second kappa shape index (κ2) is 11.0. The van der Waals surface area contributed by atoms with E-state index >= 15 is 0 Å². The Bertz CT molecular complexity index is 1110. The van der Waals surface area contributed by atoms with E-state index in [1.165, 1.54) is 0 Å². The first-order valence-electron chi connectivity index (χ1n) is 13.9. The van der Waals surface area contributed by atoms with Crippen molar-refractivity contribution in [2.24, 2.45) is 23.7 Å². The Kier molecular flexibility index (Phi) is 7.85. The zero-order valence-corrected chi connectivity index (χ0v) is 23.1. The van der Waals surface area contributed by atoms with Gasteiger partial charge in [0.05, 0.1) is 17.9 Å². The van der Waals surface area contributed by atoms with Crippen molar-refractivity contribution in [1.29, 1.82) is 0 Å². The van der Waals surface area contributed by atoms with Gasteiger partial charge < -0.3 is 25.0 Å². The molecule has 38 heavy (non-hydrogen) atoms. The van der Waals surface area contributed by atoms with E-state index in [9.17, 15) is 14.4 Å². The van der Waals surface area contributed by atoms with Crippen LogP contribution < -0.4 is 10.6 Å². The van der Waals surface area contributed by atoms with E-state index in [4.69, 9.17) is 21.1 Å². The zero-order chi connectivity index (χ0) is 27.0. The molecular formula is C29H38ClN3O5. The number of amides is 3. The molecule has 206 valence electrons. The molecule has 4 aliphatic rings. The van der Waals surface area contributed by atoms with E-state index in [1.807, 2.05) is 19.1 Å². The lowest BCUT2D eigenvalue weighted by atomic mass is 9.73. The van der Waals surface area contributed by atoms with Gasteiger partial charge in [0.1, 0.15) is 11.6 Å². The van der Waals surface area contributed by atoms with Crippen molar-refractivity contribution in [2.45, 2.75) is 70.2 Å². The quantitative estimate of drug-likeness (QED) is 0.365. The van der Waals surface area contributed by atoms with Crippen LogP contribution in [0, 0.1) is 23.7 Å². The van der Waals surface area contributed by atoms with Crippen LogP contribution in [0.3, 0.4) is 0 Å². The number of hydrogen-bond acceptors (Lipinski definition) is 5. The third kappa shape index (κ3) is 4.75. The lowest BCUT2D eigenvalue weighted by Gasteiger charge is -2.38. The van der Waals surface area contributed by atoms with Crippen molar-refractivity contribution in [3.63, 3.8) is 0 Å². The summed E-state index contributed by atoms with van der Waals surface area (Å²) in [4.78, 5) is 43.1. The summed E-state index contributed by atoms with van der Waals surface area (Å²) in [5.74, 6) is -1.39. The normalized spacial score (nSPS) is 35.4. The third-order valence-electron chi connectivity index (χ3n) is 8.94. The van der Waals surface area contributed by atoms with E-state index < -0.39 is 29.6 Å². The van der Waals surface area contributed by atoms with Crippen LogP contribution in [0.15, 0.2) is 36.4 Å². The van der Waals surface area contributed by atoms with Gasteiger partial charge in [0.2, 0.25) is 17.7 Å². The van der Waals surface area contributed by atoms with E-state index in [0.717, 1.165) is 19.3 Å².